The molecule has 1 fully saturated rings. The van der Waals surface area contributed by atoms with Crippen molar-refractivity contribution in [1.29, 1.82) is 0 Å². The van der Waals surface area contributed by atoms with E-state index in [2.05, 4.69) is 4.90 Å². The van der Waals surface area contributed by atoms with Gasteiger partial charge in [-0.15, -0.1) is 0 Å². The molecule has 0 saturated carbocycles. The summed E-state index contributed by atoms with van der Waals surface area (Å²) in [5.41, 5.74) is 1.57. The molecule has 2 aromatic carbocycles. The largest absolute Gasteiger partial charge is 0.497 e. The van der Waals surface area contributed by atoms with Crippen LogP contribution in [0, 0.1) is 0 Å². The fraction of sp³-hybridized carbons (Fsp3) is 0.435. The van der Waals surface area contributed by atoms with Crippen LogP contribution in [0.4, 0.5) is 0 Å². The summed E-state index contributed by atoms with van der Waals surface area (Å²) in [6, 6.07) is 9.02. The van der Waals surface area contributed by atoms with Crippen LogP contribution in [-0.4, -0.2) is 77.4 Å². The van der Waals surface area contributed by atoms with E-state index < -0.39 is 0 Å². The number of hydrogen-bond donors (Lipinski definition) is 0. The Morgan fingerprint density at radius 2 is 1.26 bits per heavy atom. The minimum absolute atomic E-state index is 0.0273. The second kappa shape index (κ2) is 10.3. The highest BCUT2D eigenvalue weighted by Crippen LogP contribution is 2.35. The minimum atomic E-state index is -0.0273. The van der Waals surface area contributed by atoms with E-state index in [0.29, 0.717) is 48.2 Å². The Labute approximate surface area is 183 Å². The molecule has 1 aliphatic rings. The summed E-state index contributed by atoms with van der Waals surface area (Å²) in [7, 11) is 8.01. The van der Waals surface area contributed by atoms with Crippen molar-refractivity contribution in [2.75, 3.05) is 61.7 Å². The molecule has 0 unspecified atom stereocenters. The van der Waals surface area contributed by atoms with Gasteiger partial charge in [-0.2, -0.15) is 0 Å². The van der Waals surface area contributed by atoms with Crippen LogP contribution in [0.2, 0.25) is 0 Å². The Bertz CT molecular complexity index is 887. The first-order valence-corrected chi connectivity index (χ1v) is 10.1. The standard InChI is InChI=1S/C23H30N2O6/c1-27-18-10-16(11-19(13-18)28-2)23(26)25-8-6-24(7-9-25)15-17-12-21(30-4)22(31-5)14-20(17)29-3/h10-14H,6-9,15H2,1-5H3. The summed E-state index contributed by atoms with van der Waals surface area (Å²) in [6.45, 7) is 3.47. The van der Waals surface area contributed by atoms with Crippen molar-refractivity contribution in [3.05, 3.63) is 41.5 Å². The van der Waals surface area contributed by atoms with E-state index in [0.717, 1.165) is 24.4 Å². The van der Waals surface area contributed by atoms with Gasteiger partial charge in [-0.25, -0.2) is 0 Å². The Morgan fingerprint density at radius 3 is 1.77 bits per heavy atom. The smallest absolute Gasteiger partial charge is 0.254 e. The maximum atomic E-state index is 13.0. The second-order valence-electron chi connectivity index (χ2n) is 7.19. The average molecular weight is 431 g/mol. The van der Waals surface area contributed by atoms with E-state index in [1.54, 1.807) is 53.7 Å². The van der Waals surface area contributed by atoms with Crippen LogP contribution in [0.25, 0.3) is 0 Å². The predicted octanol–water partition coefficient (Wildman–Crippen LogP) is 2.69. The highest BCUT2D eigenvalue weighted by atomic mass is 16.5. The van der Waals surface area contributed by atoms with Crippen LogP contribution >= 0.6 is 0 Å². The van der Waals surface area contributed by atoms with Gasteiger partial charge in [-0.3, -0.25) is 9.69 Å². The summed E-state index contributed by atoms with van der Waals surface area (Å²) >= 11 is 0. The Morgan fingerprint density at radius 1 is 0.710 bits per heavy atom. The summed E-state index contributed by atoms with van der Waals surface area (Å²) in [5.74, 6) is 3.22. The van der Waals surface area contributed by atoms with Gasteiger partial charge in [-0.05, 0) is 18.2 Å². The topological polar surface area (TPSA) is 69.7 Å². The first kappa shape index (κ1) is 22.6. The van der Waals surface area contributed by atoms with E-state index in [-0.39, 0.29) is 5.91 Å². The fourth-order valence-electron chi connectivity index (χ4n) is 3.68. The van der Waals surface area contributed by atoms with Crippen molar-refractivity contribution < 1.29 is 28.5 Å². The molecule has 1 heterocycles. The molecule has 0 N–H and O–H groups in total. The van der Waals surface area contributed by atoms with E-state index >= 15 is 0 Å². The number of methoxy groups -OCH3 is 5. The molecular weight excluding hydrogens is 400 g/mol. The number of piperazine rings is 1. The van der Waals surface area contributed by atoms with E-state index in [4.69, 9.17) is 23.7 Å². The first-order valence-electron chi connectivity index (χ1n) is 10.1. The van der Waals surface area contributed by atoms with Crippen LogP contribution in [-0.2, 0) is 6.54 Å². The zero-order chi connectivity index (χ0) is 22.4. The molecule has 0 radical (unpaired) electrons. The third kappa shape index (κ3) is 5.14. The van der Waals surface area contributed by atoms with Gasteiger partial charge in [0.1, 0.15) is 17.2 Å². The number of carbonyl (C=O) groups is 1. The highest BCUT2D eigenvalue weighted by Gasteiger charge is 2.24. The molecule has 0 bridgehead atoms. The van der Waals surface area contributed by atoms with Crippen molar-refractivity contribution in [3.63, 3.8) is 0 Å². The van der Waals surface area contributed by atoms with Crippen LogP contribution in [0.3, 0.4) is 0 Å². The molecular formula is C23H30N2O6. The molecule has 0 aromatic heterocycles. The average Bonchev–Trinajstić information content (AvgIpc) is 2.83. The van der Waals surface area contributed by atoms with Crippen LogP contribution < -0.4 is 23.7 Å². The van der Waals surface area contributed by atoms with Gasteiger partial charge in [-0.1, -0.05) is 0 Å². The van der Waals surface area contributed by atoms with E-state index in [9.17, 15) is 4.79 Å². The van der Waals surface area contributed by atoms with Crippen molar-refractivity contribution in [3.8, 4) is 28.7 Å². The Kier molecular flexibility index (Phi) is 7.46. The molecule has 8 nitrogen and oxygen atoms in total. The third-order valence-electron chi connectivity index (χ3n) is 5.44. The second-order valence-corrected chi connectivity index (χ2v) is 7.19. The van der Waals surface area contributed by atoms with E-state index in [1.165, 1.54) is 0 Å². The number of benzene rings is 2. The summed E-state index contributed by atoms with van der Waals surface area (Å²) < 4.78 is 26.9. The zero-order valence-electron chi connectivity index (χ0n) is 18.8. The number of nitrogens with zero attached hydrogens (tertiary/aromatic N) is 2. The SMILES string of the molecule is COc1cc(OC)cc(C(=O)N2CCN(Cc3cc(OC)c(OC)cc3OC)CC2)c1. The van der Waals surface area contributed by atoms with Gasteiger partial charge in [0.25, 0.3) is 5.91 Å². The van der Waals surface area contributed by atoms with Crippen molar-refractivity contribution in [2.45, 2.75) is 6.54 Å². The molecule has 1 saturated heterocycles. The normalized spacial score (nSPS) is 14.2. The predicted molar refractivity (Wildman–Crippen MR) is 117 cm³/mol. The molecule has 8 heteroatoms. The third-order valence-corrected chi connectivity index (χ3v) is 5.44. The molecule has 2 aromatic rings. The lowest BCUT2D eigenvalue weighted by molar-refractivity contribution is 0.0626. The van der Waals surface area contributed by atoms with Gasteiger partial charge in [0.15, 0.2) is 11.5 Å². The monoisotopic (exact) mass is 430 g/mol. The lowest BCUT2D eigenvalue weighted by Crippen LogP contribution is -2.48. The van der Waals surface area contributed by atoms with Gasteiger partial charge in [0.05, 0.1) is 35.5 Å². The zero-order valence-corrected chi connectivity index (χ0v) is 18.8. The Hall–Kier alpha value is -3.13. The number of amides is 1. The van der Waals surface area contributed by atoms with Gasteiger partial charge >= 0.3 is 0 Å². The molecule has 0 aliphatic carbocycles. The van der Waals surface area contributed by atoms with Gasteiger partial charge < -0.3 is 28.6 Å². The van der Waals surface area contributed by atoms with Gasteiger partial charge in [0.2, 0.25) is 0 Å². The number of ether oxygens (including phenoxy) is 5. The van der Waals surface area contributed by atoms with Crippen LogP contribution in [0.5, 0.6) is 28.7 Å². The maximum absolute atomic E-state index is 13.0. The quantitative estimate of drug-likeness (QED) is 0.638. The number of hydrogen-bond acceptors (Lipinski definition) is 7. The fourth-order valence-corrected chi connectivity index (χ4v) is 3.68. The minimum Gasteiger partial charge on any atom is -0.497 e. The molecule has 31 heavy (non-hydrogen) atoms. The molecule has 0 spiro atoms. The van der Waals surface area contributed by atoms with E-state index in [1.807, 2.05) is 17.0 Å². The lowest BCUT2D eigenvalue weighted by atomic mass is 10.1. The molecule has 168 valence electrons. The van der Waals surface area contributed by atoms with Crippen LogP contribution in [0.15, 0.2) is 30.3 Å². The maximum Gasteiger partial charge on any atom is 0.254 e. The highest BCUT2D eigenvalue weighted by molar-refractivity contribution is 5.95. The molecule has 1 aliphatic heterocycles. The molecule has 1 amide bonds. The first-order chi connectivity index (χ1) is 15.0. The lowest BCUT2D eigenvalue weighted by Gasteiger charge is -2.35. The summed E-state index contributed by atoms with van der Waals surface area (Å²) in [4.78, 5) is 17.2. The van der Waals surface area contributed by atoms with Crippen LogP contribution in [0.1, 0.15) is 15.9 Å². The van der Waals surface area contributed by atoms with Crippen molar-refractivity contribution in [1.82, 2.24) is 9.80 Å². The number of rotatable bonds is 8. The summed E-state index contributed by atoms with van der Waals surface area (Å²) in [6.07, 6.45) is 0. The van der Waals surface area contributed by atoms with Crippen molar-refractivity contribution >= 4 is 5.91 Å². The Balaban J connectivity index is 1.67. The number of carbonyl (C=O) groups excluding carboxylic acids is 1. The van der Waals surface area contributed by atoms with Crippen molar-refractivity contribution in [2.24, 2.45) is 0 Å². The molecule has 3 rings (SSSR count). The van der Waals surface area contributed by atoms with Gasteiger partial charge in [0, 0.05) is 56.0 Å². The summed E-state index contributed by atoms with van der Waals surface area (Å²) in [5, 5.41) is 0. The molecule has 0 atom stereocenters.